The van der Waals surface area contributed by atoms with E-state index in [1.807, 2.05) is 20.9 Å². The van der Waals surface area contributed by atoms with Crippen molar-refractivity contribution >= 4 is 41.8 Å². The molecule has 0 bridgehead atoms. The maximum atomic E-state index is 14.0. The molecule has 0 N–H and O–H groups in total. The number of aliphatic imine (C=N–C) groups is 2. The van der Waals surface area contributed by atoms with E-state index in [2.05, 4.69) is 21.8 Å². The van der Waals surface area contributed by atoms with Gasteiger partial charge in [0.05, 0.1) is 28.8 Å². The summed E-state index contributed by atoms with van der Waals surface area (Å²) in [5.74, 6) is -0.508. The second-order valence-electron chi connectivity index (χ2n) is 7.67. The molecule has 0 spiro atoms. The number of benzene rings is 2. The molecule has 0 fully saturated rings. The van der Waals surface area contributed by atoms with Gasteiger partial charge < -0.3 is 4.90 Å². The first kappa shape index (κ1) is 21.9. The van der Waals surface area contributed by atoms with E-state index in [1.165, 1.54) is 12.1 Å². The van der Waals surface area contributed by atoms with Crippen LogP contribution in [0, 0.1) is 5.82 Å². The predicted molar refractivity (Wildman–Crippen MR) is 126 cm³/mol. The fourth-order valence-electron chi connectivity index (χ4n) is 4.27. The SMILES string of the molecule is C=Nc1cc(C(=O)N2CCc3c(nn(C)c3-c3cc(F)cc(Cl)c3)[C@@H]2C)ccc1/N=C\C. The number of carbonyl (C=O) groups excluding carboxylic acids is 1. The molecular weight excluding hydrogens is 429 g/mol. The molecule has 1 aromatic heterocycles. The summed E-state index contributed by atoms with van der Waals surface area (Å²) < 4.78 is 15.7. The fourth-order valence-corrected chi connectivity index (χ4v) is 4.49. The number of hydrogen-bond donors (Lipinski definition) is 0. The molecular formula is C24H23ClFN5O. The van der Waals surface area contributed by atoms with Crippen molar-refractivity contribution in [1.82, 2.24) is 14.7 Å². The number of fused-ring (bicyclic) bond motifs is 1. The Hall–Kier alpha value is -3.32. The molecule has 0 unspecified atom stereocenters. The Morgan fingerprint density at radius 1 is 1.28 bits per heavy atom. The summed E-state index contributed by atoms with van der Waals surface area (Å²) in [6.45, 7) is 7.87. The van der Waals surface area contributed by atoms with Crippen LogP contribution in [0.3, 0.4) is 0 Å². The molecule has 0 saturated carbocycles. The number of rotatable bonds is 4. The van der Waals surface area contributed by atoms with Crippen LogP contribution in [0.4, 0.5) is 15.8 Å². The Morgan fingerprint density at radius 2 is 2.06 bits per heavy atom. The summed E-state index contributed by atoms with van der Waals surface area (Å²) in [6, 6.07) is 9.44. The molecule has 164 valence electrons. The van der Waals surface area contributed by atoms with Gasteiger partial charge in [-0.25, -0.2) is 4.39 Å². The molecule has 1 aliphatic heterocycles. The van der Waals surface area contributed by atoms with Gasteiger partial charge in [-0.3, -0.25) is 19.5 Å². The third-order valence-corrected chi connectivity index (χ3v) is 5.92. The summed E-state index contributed by atoms with van der Waals surface area (Å²) in [6.07, 6.45) is 2.28. The van der Waals surface area contributed by atoms with Crippen molar-refractivity contribution in [2.45, 2.75) is 26.3 Å². The first-order chi connectivity index (χ1) is 15.3. The first-order valence-electron chi connectivity index (χ1n) is 10.3. The van der Waals surface area contributed by atoms with Crippen molar-refractivity contribution < 1.29 is 9.18 Å². The number of carbonyl (C=O) groups is 1. The van der Waals surface area contributed by atoms with E-state index in [0.717, 1.165) is 17.0 Å². The molecule has 32 heavy (non-hydrogen) atoms. The van der Waals surface area contributed by atoms with Crippen LogP contribution in [0.2, 0.25) is 5.02 Å². The highest BCUT2D eigenvalue weighted by atomic mass is 35.5. The number of hydrogen-bond acceptors (Lipinski definition) is 4. The zero-order valence-corrected chi connectivity index (χ0v) is 18.9. The molecule has 2 heterocycles. The quantitative estimate of drug-likeness (QED) is 0.478. The molecule has 0 saturated heterocycles. The van der Waals surface area contributed by atoms with E-state index in [1.54, 1.807) is 40.1 Å². The van der Waals surface area contributed by atoms with Crippen molar-refractivity contribution in [3.05, 3.63) is 64.1 Å². The lowest BCUT2D eigenvalue weighted by Gasteiger charge is -2.33. The Kier molecular flexibility index (Phi) is 5.93. The van der Waals surface area contributed by atoms with Crippen LogP contribution in [0.25, 0.3) is 11.3 Å². The van der Waals surface area contributed by atoms with Crippen molar-refractivity contribution in [1.29, 1.82) is 0 Å². The zero-order chi connectivity index (χ0) is 23.0. The van der Waals surface area contributed by atoms with Gasteiger partial charge in [-0.1, -0.05) is 11.6 Å². The molecule has 2 aromatic carbocycles. The van der Waals surface area contributed by atoms with E-state index in [9.17, 15) is 9.18 Å². The maximum absolute atomic E-state index is 14.0. The molecule has 3 aromatic rings. The van der Waals surface area contributed by atoms with Gasteiger partial charge in [0.1, 0.15) is 5.82 Å². The highest BCUT2D eigenvalue weighted by Gasteiger charge is 2.33. The average molecular weight is 452 g/mol. The fraction of sp³-hybridized carbons (Fsp3) is 0.250. The average Bonchev–Trinajstić information content (AvgIpc) is 3.10. The molecule has 6 nitrogen and oxygen atoms in total. The summed E-state index contributed by atoms with van der Waals surface area (Å²) in [5, 5.41) is 5.01. The predicted octanol–water partition coefficient (Wildman–Crippen LogP) is 5.69. The van der Waals surface area contributed by atoms with Crippen LogP contribution in [-0.4, -0.2) is 40.1 Å². The van der Waals surface area contributed by atoms with Gasteiger partial charge >= 0.3 is 0 Å². The standard InChI is InChI=1S/C24H23ClFN5O/c1-5-28-20-7-6-15(12-21(20)27-3)24(32)31-9-8-19-22(14(31)2)29-30(4)23(19)16-10-17(25)13-18(26)11-16/h5-7,10-14H,3,8-9H2,1-2,4H3/b28-5-/t14-/m0/s1. The molecule has 1 aliphatic rings. The van der Waals surface area contributed by atoms with Crippen LogP contribution < -0.4 is 0 Å². The minimum Gasteiger partial charge on any atom is -0.330 e. The van der Waals surface area contributed by atoms with E-state index >= 15 is 0 Å². The van der Waals surface area contributed by atoms with Gasteiger partial charge in [-0.05, 0) is 63.4 Å². The molecule has 0 aliphatic carbocycles. The second-order valence-corrected chi connectivity index (χ2v) is 8.10. The lowest BCUT2D eigenvalue weighted by molar-refractivity contribution is 0.0673. The number of halogens is 2. The van der Waals surface area contributed by atoms with Crippen molar-refractivity contribution in [2.75, 3.05) is 6.54 Å². The van der Waals surface area contributed by atoms with Gasteiger partial charge in [0.2, 0.25) is 0 Å². The van der Waals surface area contributed by atoms with E-state index < -0.39 is 5.82 Å². The van der Waals surface area contributed by atoms with Crippen LogP contribution in [0.5, 0.6) is 0 Å². The summed E-state index contributed by atoms with van der Waals surface area (Å²) >= 11 is 6.08. The number of aryl methyl sites for hydroxylation is 1. The normalized spacial score (nSPS) is 15.8. The Balaban J connectivity index is 1.68. The smallest absolute Gasteiger partial charge is 0.254 e. The molecule has 0 radical (unpaired) electrons. The lowest BCUT2D eigenvalue weighted by atomic mass is 9.95. The van der Waals surface area contributed by atoms with Crippen LogP contribution in [-0.2, 0) is 13.5 Å². The summed E-state index contributed by atoms with van der Waals surface area (Å²) in [7, 11) is 1.82. The summed E-state index contributed by atoms with van der Waals surface area (Å²) in [4.78, 5) is 23.4. The third-order valence-electron chi connectivity index (χ3n) is 5.70. The first-order valence-corrected chi connectivity index (χ1v) is 10.6. The highest BCUT2D eigenvalue weighted by Crippen LogP contribution is 2.37. The number of amides is 1. The van der Waals surface area contributed by atoms with E-state index in [4.69, 9.17) is 11.6 Å². The zero-order valence-electron chi connectivity index (χ0n) is 18.1. The Morgan fingerprint density at radius 3 is 2.75 bits per heavy atom. The minimum atomic E-state index is -0.398. The minimum absolute atomic E-state index is 0.110. The van der Waals surface area contributed by atoms with Crippen molar-refractivity contribution in [3.63, 3.8) is 0 Å². The summed E-state index contributed by atoms with van der Waals surface area (Å²) in [5.41, 5.74) is 5.04. The highest BCUT2D eigenvalue weighted by molar-refractivity contribution is 6.30. The largest absolute Gasteiger partial charge is 0.330 e. The molecule has 1 atom stereocenters. The van der Waals surface area contributed by atoms with Crippen LogP contribution in [0.1, 0.15) is 41.5 Å². The van der Waals surface area contributed by atoms with Crippen LogP contribution in [0.15, 0.2) is 46.4 Å². The van der Waals surface area contributed by atoms with Crippen molar-refractivity contribution in [3.8, 4) is 11.3 Å². The van der Waals surface area contributed by atoms with Gasteiger partial charge in [0, 0.05) is 41.5 Å². The second kappa shape index (κ2) is 8.67. The van der Waals surface area contributed by atoms with Gasteiger partial charge in [-0.2, -0.15) is 5.10 Å². The molecule has 8 heteroatoms. The van der Waals surface area contributed by atoms with Gasteiger partial charge in [-0.15, -0.1) is 0 Å². The number of nitrogens with zero attached hydrogens (tertiary/aromatic N) is 5. The Labute approximate surface area is 191 Å². The monoisotopic (exact) mass is 451 g/mol. The van der Waals surface area contributed by atoms with E-state index in [0.29, 0.717) is 40.5 Å². The van der Waals surface area contributed by atoms with Crippen LogP contribution >= 0.6 is 11.6 Å². The van der Waals surface area contributed by atoms with Gasteiger partial charge in [0.25, 0.3) is 5.91 Å². The Bertz CT molecular complexity index is 1230. The third kappa shape index (κ3) is 3.84. The number of aromatic nitrogens is 2. The topological polar surface area (TPSA) is 62.9 Å². The lowest BCUT2D eigenvalue weighted by Crippen LogP contribution is -2.38. The van der Waals surface area contributed by atoms with Gasteiger partial charge in [0.15, 0.2) is 0 Å². The molecule has 1 amide bonds. The molecule has 4 rings (SSSR count). The van der Waals surface area contributed by atoms with Crippen molar-refractivity contribution in [2.24, 2.45) is 17.0 Å². The van der Waals surface area contributed by atoms with E-state index in [-0.39, 0.29) is 11.9 Å². The maximum Gasteiger partial charge on any atom is 0.254 e.